The summed E-state index contributed by atoms with van der Waals surface area (Å²) in [4.78, 5) is 26.2. The first-order valence-electron chi connectivity index (χ1n) is 9.36. The van der Waals surface area contributed by atoms with Crippen LogP contribution < -0.4 is 15.8 Å². The van der Waals surface area contributed by atoms with Crippen LogP contribution in [-0.2, 0) is 11.3 Å². The van der Waals surface area contributed by atoms with Crippen molar-refractivity contribution in [2.45, 2.75) is 25.2 Å². The van der Waals surface area contributed by atoms with E-state index < -0.39 is 18.2 Å². The molecule has 8 heteroatoms. The van der Waals surface area contributed by atoms with Crippen LogP contribution in [-0.4, -0.2) is 54.4 Å². The van der Waals surface area contributed by atoms with Crippen LogP contribution in [0.2, 0.25) is 0 Å². The van der Waals surface area contributed by atoms with Crippen LogP contribution in [0.15, 0.2) is 48.5 Å². The summed E-state index contributed by atoms with van der Waals surface area (Å²) in [6.45, 7) is 0.635. The van der Waals surface area contributed by atoms with Gasteiger partial charge in [-0.1, -0.05) is 30.3 Å². The molecule has 0 saturated carbocycles. The highest BCUT2D eigenvalue weighted by Crippen LogP contribution is 2.22. The molecule has 1 saturated heterocycles. The summed E-state index contributed by atoms with van der Waals surface area (Å²) >= 11 is 0. The van der Waals surface area contributed by atoms with Gasteiger partial charge in [-0.3, -0.25) is 4.79 Å². The molecule has 2 amide bonds. The third-order valence-electron chi connectivity index (χ3n) is 4.86. The summed E-state index contributed by atoms with van der Waals surface area (Å²) in [6, 6.07) is 13.6. The SMILES string of the molecule is COc1cc(C(=O)N[C@@H]2CCN(C(=O)OCc3ccccc3)C[C@H]2O)ccc1N. The fourth-order valence-electron chi connectivity index (χ4n) is 3.18. The molecule has 0 radical (unpaired) electrons. The third-order valence-corrected chi connectivity index (χ3v) is 4.86. The molecule has 2 aromatic rings. The van der Waals surface area contributed by atoms with E-state index in [2.05, 4.69) is 5.32 Å². The van der Waals surface area contributed by atoms with E-state index in [1.165, 1.54) is 12.0 Å². The molecular weight excluding hydrogens is 374 g/mol. The molecule has 1 fully saturated rings. The van der Waals surface area contributed by atoms with Gasteiger partial charge in [-0.2, -0.15) is 0 Å². The van der Waals surface area contributed by atoms with Gasteiger partial charge in [0.15, 0.2) is 0 Å². The minimum atomic E-state index is -0.896. The van der Waals surface area contributed by atoms with E-state index in [4.69, 9.17) is 15.2 Å². The van der Waals surface area contributed by atoms with Gasteiger partial charge >= 0.3 is 6.09 Å². The number of anilines is 1. The lowest BCUT2D eigenvalue weighted by Crippen LogP contribution is -2.55. The Bertz CT molecular complexity index is 859. The highest BCUT2D eigenvalue weighted by molar-refractivity contribution is 5.95. The largest absolute Gasteiger partial charge is 0.495 e. The number of nitrogens with zero attached hydrogens (tertiary/aromatic N) is 1. The molecule has 154 valence electrons. The second-order valence-corrected chi connectivity index (χ2v) is 6.88. The number of carbonyl (C=O) groups is 2. The molecule has 1 aliphatic heterocycles. The molecular formula is C21H25N3O5. The van der Waals surface area contributed by atoms with E-state index in [-0.39, 0.29) is 19.1 Å². The molecule has 29 heavy (non-hydrogen) atoms. The number of benzene rings is 2. The van der Waals surface area contributed by atoms with Gasteiger partial charge in [-0.25, -0.2) is 4.79 Å². The number of amides is 2. The summed E-state index contributed by atoms with van der Waals surface area (Å²) in [5.41, 5.74) is 7.48. The molecule has 0 aliphatic carbocycles. The molecule has 8 nitrogen and oxygen atoms in total. The summed E-state index contributed by atoms with van der Waals surface area (Å²) in [5, 5.41) is 13.2. The standard InChI is InChI=1S/C21H25N3O5/c1-28-19-11-15(7-8-16(19)22)20(26)23-17-9-10-24(12-18(17)25)21(27)29-13-14-5-3-2-4-6-14/h2-8,11,17-18,25H,9-10,12-13,22H2,1H3,(H,23,26)/t17-,18-/m1/s1. The van der Waals surface area contributed by atoms with Gasteiger partial charge < -0.3 is 30.5 Å². The number of carbonyl (C=O) groups excluding carboxylic acids is 2. The van der Waals surface area contributed by atoms with Gasteiger partial charge in [0.1, 0.15) is 12.4 Å². The fraction of sp³-hybridized carbons (Fsp3) is 0.333. The summed E-state index contributed by atoms with van der Waals surface area (Å²) < 4.78 is 10.4. The minimum Gasteiger partial charge on any atom is -0.495 e. The highest BCUT2D eigenvalue weighted by Gasteiger charge is 2.32. The molecule has 1 heterocycles. The number of likely N-dealkylation sites (tertiary alicyclic amines) is 1. The Labute approximate surface area is 169 Å². The number of nitrogen functional groups attached to an aromatic ring is 1. The molecule has 0 aromatic heterocycles. The van der Waals surface area contributed by atoms with Crippen molar-refractivity contribution in [1.82, 2.24) is 10.2 Å². The maximum atomic E-state index is 12.5. The lowest BCUT2D eigenvalue weighted by atomic mass is 10.0. The van der Waals surface area contributed by atoms with E-state index in [1.54, 1.807) is 18.2 Å². The van der Waals surface area contributed by atoms with Crippen molar-refractivity contribution >= 4 is 17.7 Å². The number of aliphatic hydroxyl groups excluding tert-OH is 1. The van der Waals surface area contributed by atoms with Gasteiger partial charge in [-0.15, -0.1) is 0 Å². The van der Waals surface area contributed by atoms with E-state index in [0.717, 1.165) is 5.56 Å². The first-order valence-corrected chi connectivity index (χ1v) is 9.36. The first-order chi connectivity index (χ1) is 14.0. The van der Waals surface area contributed by atoms with Crippen LogP contribution in [0, 0.1) is 0 Å². The number of nitrogens with one attached hydrogen (secondary N) is 1. The second-order valence-electron chi connectivity index (χ2n) is 6.88. The van der Waals surface area contributed by atoms with Crippen LogP contribution in [0.3, 0.4) is 0 Å². The summed E-state index contributed by atoms with van der Waals surface area (Å²) in [6.07, 6.45) is -0.965. The second kappa shape index (κ2) is 9.29. The summed E-state index contributed by atoms with van der Waals surface area (Å²) in [7, 11) is 1.48. The molecule has 0 unspecified atom stereocenters. The van der Waals surface area contributed by atoms with Crippen LogP contribution in [0.25, 0.3) is 0 Å². The average molecular weight is 399 g/mol. The molecule has 0 bridgehead atoms. The fourth-order valence-corrected chi connectivity index (χ4v) is 3.18. The number of ether oxygens (including phenoxy) is 2. The van der Waals surface area contributed by atoms with Crippen molar-refractivity contribution in [2.24, 2.45) is 0 Å². The minimum absolute atomic E-state index is 0.0869. The van der Waals surface area contributed by atoms with Crippen molar-refractivity contribution < 1.29 is 24.2 Å². The van der Waals surface area contributed by atoms with Gasteiger partial charge in [0, 0.05) is 12.1 Å². The van der Waals surface area contributed by atoms with Crippen molar-refractivity contribution in [2.75, 3.05) is 25.9 Å². The van der Waals surface area contributed by atoms with Crippen LogP contribution in [0.4, 0.5) is 10.5 Å². The van der Waals surface area contributed by atoms with Crippen molar-refractivity contribution in [3.8, 4) is 5.75 Å². The van der Waals surface area contributed by atoms with Gasteiger partial charge in [-0.05, 0) is 30.2 Å². The Kier molecular flexibility index (Phi) is 6.56. The zero-order valence-electron chi connectivity index (χ0n) is 16.2. The number of rotatable bonds is 5. The molecule has 2 aromatic carbocycles. The molecule has 4 N–H and O–H groups in total. The lowest BCUT2D eigenvalue weighted by Gasteiger charge is -2.35. The number of methoxy groups -OCH3 is 1. The van der Waals surface area contributed by atoms with Gasteiger partial charge in [0.05, 0.1) is 31.5 Å². The van der Waals surface area contributed by atoms with Crippen LogP contribution >= 0.6 is 0 Å². The van der Waals surface area contributed by atoms with Crippen molar-refractivity contribution in [3.05, 3.63) is 59.7 Å². The third kappa shape index (κ3) is 5.17. The normalized spacial score (nSPS) is 18.8. The Morgan fingerprint density at radius 1 is 1.24 bits per heavy atom. The van der Waals surface area contributed by atoms with Crippen LogP contribution in [0.5, 0.6) is 5.75 Å². The Morgan fingerprint density at radius 3 is 2.69 bits per heavy atom. The number of nitrogens with two attached hydrogens (primary N) is 1. The average Bonchev–Trinajstić information content (AvgIpc) is 2.74. The van der Waals surface area contributed by atoms with Gasteiger partial charge in [0.2, 0.25) is 0 Å². The number of β-amino-alcohol motifs (C(OH)–C–C–N with tert-alkyl or cyclic N) is 1. The molecule has 0 spiro atoms. The van der Waals surface area contributed by atoms with Crippen LogP contribution in [0.1, 0.15) is 22.3 Å². The quantitative estimate of drug-likeness (QED) is 0.661. The monoisotopic (exact) mass is 399 g/mol. The number of aliphatic hydroxyl groups is 1. The van der Waals surface area contributed by atoms with Crippen molar-refractivity contribution in [3.63, 3.8) is 0 Å². The summed E-state index contributed by atoms with van der Waals surface area (Å²) in [5.74, 6) is 0.0710. The smallest absolute Gasteiger partial charge is 0.410 e. The highest BCUT2D eigenvalue weighted by atomic mass is 16.6. The van der Waals surface area contributed by atoms with E-state index in [1.807, 2.05) is 30.3 Å². The molecule has 1 aliphatic rings. The predicted octanol–water partition coefficient (Wildman–Crippen LogP) is 1.78. The maximum Gasteiger partial charge on any atom is 0.410 e. The maximum absolute atomic E-state index is 12.5. The van der Waals surface area contributed by atoms with E-state index in [9.17, 15) is 14.7 Å². The Hall–Kier alpha value is -3.26. The Balaban J connectivity index is 1.52. The van der Waals surface area contributed by atoms with Crippen molar-refractivity contribution in [1.29, 1.82) is 0 Å². The lowest BCUT2D eigenvalue weighted by molar-refractivity contribution is 0.0269. The number of hydrogen-bond acceptors (Lipinski definition) is 6. The first kappa shape index (κ1) is 20.5. The predicted molar refractivity (Wildman–Crippen MR) is 107 cm³/mol. The zero-order chi connectivity index (χ0) is 20.8. The molecule has 3 rings (SSSR count). The topological polar surface area (TPSA) is 114 Å². The van der Waals surface area contributed by atoms with E-state index in [0.29, 0.717) is 30.0 Å². The van der Waals surface area contributed by atoms with Gasteiger partial charge in [0.25, 0.3) is 5.91 Å². The number of hydrogen-bond donors (Lipinski definition) is 3. The van der Waals surface area contributed by atoms with E-state index >= 15 is 0 Å². The zero-order valence-corrected chi connectivity index (χ0v) is 16.2. The number of piperidine rings is 1. The molecule has 2 atom stereocenters. The Morgan fingerprint density at radius 2 is 2.00 bits per heavy atom.